The molecule has 1 N–H and O–H groups in total. The summed E-state index contributed by atoms with van der Waals surface area (Å²) in [5.41, 5.74) is 1.97. The Morgan fingerprint density at radius 1 is 1.11 bits per heavy atom. The molecule has 2 aromatic carbocycles. The average Bonchev–Trinajstić information content (AvgIpc) is 3.03. The van der Waals surface area contributed by atoms with Crippen LogP contribution in [0, 0.1) is 0 Å². The van der Waals surface area contributed by atoms with E-state index >= 15 is 0 Å². The van der Waals surface area contributed by atoms with Crippen LogP contribution in [0.1, 0.15) is 33.2 Å². The van der Waals surface area contributed by atoms with E-state index in [1.165, 1.54) is 19.1 Å². The first-order valence-electron chi connectivity index (χ1n) is 8.32. The number of carbonyl (C=O) groups is 2. The summed E-state index contributed by atoms with van der Waals surface area (Å²) in [5.74, 6) is -1.16. The van der Waals surface area contributed by atoms with Gasteiger partial charge in [-0.05, 0) is 30.7 Å². The summed E-state index contributed by atoms with van der Waals surface area (Å²) >= 11 is 0. The second-order valence-corrected chi connectivity index (χ2v) is 8.57. The number of ether oxygens (including phenoxy) is 1. The summed E-state index contributed by atoms with van der Waals surface area (Å²) in [6.07, 6.45) is 1.75. The molecule has 1 atom stereocenters. The zero-order valence-electron chi connectivity index (χ0n) is 14.9. The van der Waals surface area contributed by atoms with Crippen LogP contribution in [0.5, 0.6) is 0 Å². The molecule has 1 heterocycles. The third-order valence-corrected chi connectivity index (χ3v) is 4.96. The maximum Gasteiger partial charge on any atom is 0.338 e. The zero-order chi connectivity index (χ0) is 19.6. The number of para-hydroxylation sites is 1. The first kappa shape index (κ1) is 18.8. The Balaban J connectivity index is 1.76. The lowest BCUT2D eigenvalue weighted by atomic mass is 10.1. The summed E-state index contributed by atoms with van der Waals surface area (Å²) in [5, 5.41) is 0.764. The molecule has 0 amide bonds. The molecule has 0 aliphatic rings. The van der Waals surface area contributed by atoms with Crippen LogP contribution in [-0.4, -0.2) is 37.5 Å². The van der Waals surface area contributed by atoms with Gasteiger partial charge in [-0.2, -0.15) is 0 Å². The van der Waals surface area contributed by atoms with E-state index in [0.29, 0.717) is 11.1 Å². The van der Waals surface area contributed by atoms with Gasteiger partial charge in [0.2, 0.25) is 5.78 Å². The van der Waals surface area contributed by atoms with Crippen molar-refractivity contribution in [2.45, 2.75) is 18.8 Å². The summed E-state index contributed by atoms with van der Waals surface area (Å²) in [6, 6.07) is 13.6. The molecule has 1 aromatic heterocycles. The Morgan fingerprint density at radius 3 is 2.59 bits per heavy atom. The number of hydrogen-bond acceptors (Lipinski definition) is 5. The minimum absolute atomic E-state index is 0.169. The Labute approximate surface area is 157 Å². The van der Waals surface area contributed by atoms with Gasteiger partial charge in [0, 0.05) is 28.9 Å². The van der Waals surface area contributed by atoms with Crippen LogP contribution in [0.15, 0.2) is 54.7 Å². The van der Waals surface area contributed by atoms with Crippen molar-refractivity contribution in [3.63, 3.8) is 0 Å². The molecule has 6 nitrogen and oxygen atoms in total. The van der Waals surface area contributed by atoms with Gasteiger partial charge in [0.05, 0.1) is 11.3 Å². The van der Waals surface area contributed by atoms with Gasteiger partial charge in [-0.25, -0.2) is 13.2 Å². The molecule has 0 fully saturated rings. The van der Waals surface area contributed by atoms with Gasteiger partial charge in [0.25, 0.3) is 0 Å². The van der Waals surface area contributed by atoms with E-state index in [1.54, 1.807) is 18.3 Å². The SMILES string of the molecule is C[C@@H](OC(=O)c1cccc(CS(C)(=O)=O)c1)C(=O)c1c[nH]c2ccccc12. The molecule has 0 saturated carbocycles. The Bertz CT molecular complexity index is 1110. The Kier molecular flexibility index (Phi) is 5.14. The second-order valence-electron chi connectivity index (χ2n) is 6.43. The van der Waals surface area contributed by atoms with Gasteiger partial charge in [-0.15, -0.1) is 0 Å². The molecule has 7 heteroatoms. The second kappa shape index (κ2) is 7.36. The van der Waals surface area contributed by atoms with E-state index in [-0.39, 0.29) is 17.1 Å². The molecule has 3 aromatic rings. The molecule has 27 heavy (non-hydrogen) atoms. The van der Waals surface area contributed by atoms with Crippen molar-refractivity contribution in [3.8, 4) is 0 Å². The minimum Gasteiger partial charge on any atom is -0.451 e. The number of aromatic amines is 1. The summed E-state index contributed by atoms with van der Waals surface area (Å²) in [7, 11) is -3.22. The highest BCUT2D eigenvalue weighted by molar-refractivity contribution is 7.89. The van der Waals surface area contributed by atoms with E-state index in [1.807, 2.05) is 24.3 Å². The van der Waals surface area contributed by atoms with Crippen molar-refractivity contribution in [3.05, 3.63) is 71.4 Å². The number of benzene rings is 2. The van der Waals surface area contributed by atoms with Gasteiger partial charge in [0.1, 0.15) is 0 Å². The number of rotatable bonds is 6. The van der Waals surface area contributed by atoms with E-state index in [2.05, 4.69) is 4.98 Å². The van der Waals surface area contributed by atoms with Gasteiger partial charge in [-0.1, -0.05) is 30.3 Å². The van der Waals surface area contributed by atoms with Crippen LogP contribution in [0.4, 0.5) is 0 Å². The summed E-state index contributed by atoms with van der Waals surface area (Å²) < 4.78 is 28.2. The fourth-order valence-corrected chi connectivity index (χ4v) is 3.65. The standard InChI is InChI=1S/C20H19NO5S/c1-13(19(22)17-11-21-18-9-4-3-8-16(17)18)26-20(23)15-7-5-6-14(10-15)12-27(2,24)25/h3-11,13,21H,12H2,1-2H3/t13-/m1/s1. The number of hydrogen-bond donors (Lipinski definition) is 1. The number of fused-ring (bicyclic) bond motifs is 1. The molecule has 3 rings (SSSR count). The molecule has 0 unspecified atom stereocenters. The molecular weight excluding hydrogens is 366 g/mol. The van der Waals surface area contributed by atoms with Gasteiger partial charge in [0.15, 0.2) is 15.9 Å². The fraction of sp³-hybridized carbons (Fsp3) is 0.200. The molecule has 0 radical (unpaired) electrons. The average molecular weight is 385 g/mol. The van der Waals surface area contributed by atoms with Gasteiger partial charge in [-0.3, -0.25) is 4.79 Å². The highest BCUT2D eigenvalue weighted by Gasteiger charge is 2.23. The minimum atomic E-state index is -3.22. The number of esters is 1. The van der Waals surface area contributed by atoms with Crippen LogP contribution in [0.2, 0.25) is 0 Å². The molecule has 140 valence electrons. The Hall–Kier alpha value is -2.93. The van der Waals surface area contributed by atoms with Gasteiger partial charge >= 0.3 is 5.97 Å². The monoisotopic (exact) mass is 385 g/mol. The topological polar surface area (TPSA) is 93.3 Å². The predicted molar refractivity (Wildman–Crippen MR) is 102 cm³/mol. The number of carbonyl (C=O) groups excluding carboxylic acids is 2. The molecule has 0 spiro atoms. The molecule has 0 aliphatic carbocycles. The largest absolute Gasteiger partial charge is 0.451 e. The number of ketones is 1. The van der Waals surface area contributed by atoms with Crippen molar-refractivity contribution in [1.29, 1.82) is 0 Å². The molecule has 0 saturated heterocycles. The van der Waals surface area contributed by atoms with Crippen molar-refractivity contribution in [2.75, 3.05) is 6.26 Å². The fourth-order valence-electron chi connectivity index (χ4n) is 2.87. The van der Waals surface area contributed by atoms with Crippen molar-refractivity contribution >= 4 is 32.5 Å². The van der Waals surface area contributed by atoms with Crippen LogP contribution >= 0.6 is 0 Å². The number of Topliss-reactive ketones (excluding diaryl/α,β-unsaturated/α-hetero) is 1. The van der Waals surface area contributed by atoms with E-state index < -0.39 is 21.9 Å². The zero-order valence-corrected chi connectivity index (χ0v) is 15.7. The summed E-state index contributed by atoms with van der Waals surface area (Å²) in [6.45, 7) is 1.52. The van der Waals surface area contributed by atoms with E-state index in [9.17, 15) is 18.0 Å². The smallest absolute Gasteiger partial charge is 0.338 e. The highest BCUT2D eigenvalue weighted by Crippen LogP contribution is 2.20. The number of aromatic nitrogens is 1. The number of nitrogens with one attached hydrogen (secondary N) is 1. The van der Waals surface area contributed by atoms with Crippen LogP contribution in [0.25, 0.3) is 10.9 Å². The third-order valence-electron chi connectivity index (χ3n) is 4.10. The molecule has 0 bridgehead atoms. The van der Waals surface area contributed by atoms with Crippen LogP contribution < -0.4 is 0 Å². The quantitative estimate of drug-likeness (QED) is 0.520. The van der Waals surface area contributed by atoms with Gasteiger partial charge < -0.3 is 9.72 Å². The van der Waals surface area contributed by atoms with Crippen molar-refractivity contribution < 1.29 is 22.7 Å². The van der Waals surface area contributed by atoms with Crippen LogP contribution in [0.3, 0.4) is 0 Å². The molecular formula is C20H19NO5S. The number of H-pyrrole nitrogens is 1. The lowest BCUT2D eigenvalue weighted by Gasteiger charge is -2.12. The van der Waals surface area contributed by atoms with Crippen molar-refractivity contribution in [1.82, 2.24) is 4.98 Å². The summed E-state index contributed by atoms with van der Waals surface area (Å²) in [4.78, 5) is 28.1. The van der Waals surface area contributed by atoms with E-state index in [0.717, 1.165) is 17.2 Å². The predicted octanol–water partition coefficient (Wildman–Crippen LogP) is 3.14. The van der Waals surface area contributed by atoms with Crippen molar-refractivity contribution in [2.24, 2.45) is 0 Å². The Morgan fingerprint density at radius 2 is 1.85 bits per heavy atom. The molecule has 0 aliphatic heterocycles. The lowest BCUT2D eigenvalue weighted by Crippen LogP contribution is -2.24. The maximum absolute atomic E-state index is 12.7. The first-order valence-corrected chi connectivity index (χ1v) is 10.4. The van der Waals surface area contributed by atoms with E-state index in [4.69, 9.17) is 4.74 Å². The highest BCUT2D eigenvalue weighted by atomic mass is 32.2. The number of sulfone groups is 1. The third kappa shape index (κ3) is 4.43. The first-order chi connectivity index (χ1) is 12.7. The normalized spacial score (nSPS) is 12.7. The maximum atomic E-state index is 12.7. The lowest BCUT2D eigenvalue weighted by molar-refractivity contribution is 0.0319. The van der Waals surface area contributed by atoms with Crippen LogP contribution in [-0.2, 0) is 20.3 Å².